The number of aryl methyl sites for hydroxylation is 2. The van der Waals surface area contributed by atoms with Crippen molar-refractivity contribution in [1.29, 1.82) is 0 Å². The topological polar surface area (TPSA) is 0 Å². The van der Waals surface area contributed by atoms with Gasteiger partial charge in [0.15, 0.2) is 11.6 Å². The van der Waals surface area contributed by atoms with E-state index in [1.807, 2.05) is 48.5 Å². The first-order valence-electron chi connectivity index (χ1n) is 9.30. The van der Waals surface area contributed by atoms with Gasteiger partial charge in [-0.2, -0.15) is 0 Å². The fourth-order valence-electron chi connectivity index (χ4n) is 2.97. The Bertz CT molecular complexity index is 972. The van der Waals surface area contributed by atoms with Gasteiger partial charge in [-0.05, 0) is 53.8 Å². The first kappa shape index (κ1) is 18.9. The van der Waals surface area contributed by atoms with Crippen molar-refractivity contribution in [1.82, 2.24) is 0 Å². The second-order valence-electron chi connectivity index (χ2n) is 6.54. The molecule has 0 unspecified atom stereocenters. The lowest BCUT2D eigenvalue weighted by Gasteiger charge is -2.07. The molecule has 0 fully saturated rings. The maximum Gasteiger partial charge on any atom is 0.175 e. The lowest BCUT2D eigenvalue weighted by molar-refractivity contribution is 0.509. The van der Waals surface area contributed by atoms with E-state index in [4.69, 9.17) is 0 Å². The Kier molecular flexibility index (Phi) is 6.04. The summed E-state index contributed by atoms with van der Waals surface area (Å²) in [4.78, 5) is 0. The van der Waals surface area contributed by atoms with Crippen LogP contribution in [0.4, 0.5) is 8.78 Å². The zero-order chi connectivity index (χ0) is 19.2. The molecule has 0 saturated heterocycles. The van der Waals surface area contributed by atoms with Crippen LogP contribution >= 0.6 is 0 Å². The maximum atomic E-state index is 14.6. The summed E-state index contributed by atoms with van der Waals surface area (Å²) >= 11 is 0. The SMILES string of the molecule is CCCc1ccc(-c2ccc(C#Cc3ccc(CC)cc3)c(F)c2F)cc1. The molecular weight excluding hydrogens is 338 g/mol. The zero-order valence-electron chi connectivity index (χ0n) is 15.7. The van der Waals surface area contributed by atoms with E-state index in [2.05, 4.69) is 25.7 Å². The predicted octanol–water partition coefficient (Wildman–Crippen LogP) is 6.55. The fraction of sp³-hybridized carbons (Fsp3) is 0.200. The molecule has 0 aliphatic carbocycles. The van der Waals surface area contributed by atoms with Gasteiger partial charge in [0, 0.05) is 11.1 Å². The van der Waals surface area contributed by atoms with E-state index in [0.717, 1.165) is 24.8 Å². The molecule has 0 heterocycles. The second kappa shape index (κ2) is 8.64. The standard InChI is InChI=1S/C25H22F2/c1-3-5-19-10-13-21(14-11-19)23-17-16-22(24(26)25(23)27)15-12-20-8-6-18(4-2)7-9-20/h6-11,13-14,16-17H,3-5H2,1-2H3. The molecule has 0 aromatic heterocycles. The quantitative estimate of drug-likeness (QED) is 0.463. The summed E-state index contributed by atoms with van der Waals surface area (Å²) in [5.74, 6) is 3.90. The van der Waals surface area contributed by atoms with Crippen LogP contribution in [-0.4, -0.2) is 0 Å². The van der Waals surface area contributed by atoms with E-state index in [0.29, 0.717) is 5.56 Å². The number of hydrogen-bond acceptors (Lipinski definition) is 0. The molecule has 0 amide bonds. The van der Waals surface area contributed by atoms with E-state index in [1.54, 1.807) is 12.1 Å². The summed E-state index contributed by atoms with van der Waals surface area (Å²) in [5.41, 5.74) is 4.18. The number of benzene rings is 3. The van der Waals surface area contributed by atoms with Crippen LogP contribution in [0.5, 0.6) is 0 Å². The molecule has 136 valence electrons. The van der Waals surface area contributed by atoms with E-state index < -0.39 is 11.6 Å². The molecular formula is C25H22F2. The van der Waals surface area contributed by atoms with Crippen LogP contribution in [0.25, 0.3) is 11.1 Å². The van der Waals surface area contributed by atoms with Crippen LogP contribution in [0.3, 0.4) is 0 Å². The van der Waals surface area contributed by atoms with Gasteiger partial charge in [0.25, 0.3) is 0 Å². The fourth-order valence-corrected chi connectivity index (χ4v) is 2.97. The molecule has 3 rings (SSSR count). The summed E-state index contributed by atoms with van der Waals surface area (Å²) < 4.78 is 29.1. The summed E-state index contributed by atoms with van der Waals surface area (Å²) in [6.07, 6.45) is 2.98. The highest BCUT2D eigenvalue weighted by Gasteiger charge is 2.13. The van der Waals surface area contributed by atoms with Crippen molar-refractivity contribution in [2.45, 2.75) is 33.1 Å². The minimum Gasteiger partial charge on any atom is -0.203 e. The highest BCUT2D eigenvalue weighted by atomic mass is 19.2. The Labute approximate surface area is 159 Å². The van der Waals surface area contributed by atoms with Crippen molar-refractivity contribution < 1.29 is 8.78 Å². The number of rotatable bonds is 4. The third-order valence-electron chi connectivity index (χ3n) is 4.59. The summed E-state index contributed by atoms with van der Waals surface area (Å²) in [7, 11) is 0. The molecule has 0 nitrogen and oxygen atoms in total. The van der Waals surface area contributed by atoms with Crippen molar-refractivity contribution in [2.24, 2.45) is 0 Å². The van der Waals surface area contributed by atoms with Gasteiger partial charge in [-0.1, -0.05) is 68.5 Å². The van der Waals surface area contributed by atoms with Crippen molar-refractivity contribution in [3.05, 3.63) is 94.6 Å². The van der Waals surface area contributed by atoms with Gasteiger partial charge >= 0.3 is 0 Å². The third kappa shape index (κ3) is 4.44. The van der Waals surface area contributed by atoms with Gasteiger partial charge in [0.2, 0.25) is 0 Å². The van der Waals surface area contributed by atoms with E-state index in [1.165, 1.54) is 11.1 Å². The van der Waals surface area contributed by atoms with Crippen molar-refractivity contribution in [2.75, 3.05) is 0 Å². The minimum absolute atomic E-state index is 0.0680. The van der Waals surface area contributed by atoms with Gasteiger partial charge in [-0.3, -0.25) is 0 Å². The highest BCUT2D eigenvalue weighted by Crippen LogP contribution is 2.26. The third-order valence-corrected chi connectivity index (χ3v) is 4.59. The number of halogens is 2. The van der Waals surface area contributed by atoms with Gasteiger partial charge in [0.1, 0.15) is 0 Å². The van der Waals surface area contributed by atoms with Crippen LogP contribution in [-0.2, 0) is 12.8 Å². The van der Waals surface area contributed by atoms with E-state index in [9.17, 15) is 8.78 Å². The van der Waals surface area contributed by atoms with Crippen LogP contribution in [0, 0.1) is 23.5 Å². The van der Waals surface area contributed by atoms with Crippen LogP contribution < -0.4 is 0 Å². The van der Waals surface area contributed by atoms with Crippen LogP contribution in [0.1, 0.15) is 42.5 Å². The Morgan fingerprint density at radius 2 is 1.37 bits per heavy atom. The van der Waals surface area contributed by atoms with Crippen LogP contribution in [0.15, 0.2) is 60.7 Å². The van der Waals surface area contributed by atoms with Gasteiger partial charge in [0.05, 0.1) is 5.56 Å². The smallest absolute Gasteiger partial charge is 0.175 e. The Morgan fingerprint density at radius 3 is 2.00 bits per heavy atom. The lowest BCUT2D eigenvalue weighted by atomic mass is 10.00. The summed E-state index contributed by atoms with van der Waals surface area (Å²) in [6, 6.07) is 18.5. The molecule has 0 atom stereocenters. The van der Waals surface area contributed by atoms with Crippen molar-refractivity contribution in [3.63, 3.8) is 0 Å². The first-order valence-corrected chi connectivity index (χ1v) is 9.30. The Balaban J connectivity index is 1.87. The molecule has 2 heteroatoms. The molecule has 0 aliphatic heterocycles. The van der Waals surface area contributed by atoms with Crippen molar-refractivity contribution in [3.8, 4) is 23.0 Å². The Morgan fingerprint density at radius 1 is 0.704 bits per heavy atom. The molecule has 27 heavy (non-hydrogen) atoms. The molecule has 0 N–H and O–H groups in total. The largest absolute Gasteiger partial charge is 0.203 e. The average molecular weight is 360 g/mol. The Hall–Kier alpha value is -2.92. The molecule has 3 aromatic carbocycles. The highest BCUT2D eigenvalue weighted by molar-refractivity contribution is 5.66. The van der Waals surface area contributed by atoms with Crippen LogP contribution in [0.2, 0.25) is 0 Å². The normalized spacial score (nSPS) is 10.4. The maximum absolute atomic E-state index is 14.6. The molecule has 0 bridgehead atoms. The van der Waals surface area contributed by atoms with Crippen molar-refractivity contribution >= 4 is 0 Å². The predicted molar refractivity (Wildman–Crippen MR) is 108 cm³/mol. The van der Waals surface area contributed by atoms with Gasteiger partial charge < -0.3 is 0 Å². The monoisotopic (exact) mass is 360 g/mol. The van der Waals surface area contributed by atoms with Gasteiger partial charge in [-0.15, -0.1) is 0 Å². The minimum atomic E-state index is -0.900. The molecule has 0 saturated carbocycles. The van der Waals surface area contributed by atoms with Gasteiger partial charge in [-0.25, -0.2) is 8.78 Å². The average Bonchev–Trinajstić information content (AvgIpc) is 2.70. The summed E-state index contributed by atoms with van der Waals surface area (Å²) in [5, 5.41) is 0. The first-order chi connectivity index (χ1) is 13.1. The zero-order valence-corrected chi connectivity index (χ0v) is 15.7. The van der Waals surface area contributed by atoms with E-state index in [-0.39, 0.29) is 11.1 Å². The van der Waals surface area contributed by atoms with E-state index >= 15 is 0 Å². The molecule has 3 aromatic rings. The lowest BCUT2D eigenvalue weighted by Crippen LogP contribution is -1.94. The molecule has 0 spiro atoms. The molecule has 0 aliphatic rings. The molecule has 0 radical (unpaired) electrons. The number of hydrogen-bond donors (Lipinski definition) is 0. The second-order valence-corrected chi connectivity index (χ2v) is 6.54. The summed E-state index contributed by atoms with van der Waals surface area (Å²) in [6.45, 7) is 4.19.